The Kier molecular flexibility index (Phi) is 5.88. The first kappa shape index (κ1) is 17.6. The molecule has 0 radical (unpaired) electrons. The highest BCUT2D eigenvalue weighted by Crippen LogP contribution is 2.25. The smallest absolute Gasteiger partial charge is 0.233 e. The molecular weight excluding hydrogens is 359 g/mol. The molecule has 0 unspecified atom stereocenters. The van der Waals surface area contributed by atoms with Gasteiger partial charge in [0.2, 0.25) is 11.8 Å². The fourth-order valence-corrected chi connectivity index (χ4v) is 2.33. The maximum Gasteiger partial charge on any atom is 0.233 e. The number of hydrogen-bond donors (Lipinski definition) is 2. The predicted molar refractivity (Wildman–Crippen MR) is 94.5 cm³/mol. The van der Waals surface area contributed by atoms with E-state index in [1.165, 1.54) is 6.07 Å². The largest absolute Gasteiger partial charge is 0.326 e. The number of halogens is 3. The second kappa shape index (κ2) is 7.68. The maximum absolute atomic E-state index is 11.9. The molecule has 7 heteroatoms. The van der Waals surface area contributed by atoms with Gasteiger partial charge in [-0.15, -0.1) is 0 Å². The summed E-state index contributed by atoms with van der Waals surface area (Å²) in [4.78, 5) is 23.8. The van der Waals surface area contributed by atoms with Crippen LogP contribution in [0.4, 0.5) is 11.4 Å². The van der Waals surface area contributed by atoms with Crippen LogP contribution in [0.5, 0.6) is 0 Å². The van der Waals surface area contributed by atoms with Gasteiger partial charge in [0.25, 0.3) is 0 Å². The number of amides is 2. The lowest BCUT2D eigenvalue weighted by Crippen LogP contribution is -2.21. The fraction of sp³-hybridized carbons (Fsp3) is 0.125. The number of benzene rings is 2. The third kappa shape index (κ3) is 4.86. The summed E-state index contributed by atoms with van der Waals surface area (Å²) in [6, 6.07) is 9.85. The molecule has 0 bridgehead atoms. The molecule has 4 nitrogen and oxygen atoms in total. The second-order valence-electron chi connectivity index (χ2n) is 4.81. The van der Waals surface area contributed by atoms with E-state index < -0.39 is 11.8 Å². The zero-order valence-electron chi connectivity index (χ0n) is 12.1. The molecular formula is C16H13Cl3N2O2. The second-order valence-corrected chi connectivity index (χ2v) is 6.04. The summed E-state index contributed by atoms with van der Waals surface area (Å²) in [5.41, 5.74) is 1.79. The number of anilines is 2. The van der Waals surface area contributed by atoms with Gasteiger partial charge in [0, 0.05) is 16.4 Å². The van der Waals surface area contributed by atoms with Gasteiger partial charge >= 0.3 is 0 Å². The minimum absolute atomic E-state index is 0.323. The van der Waals surface area contributed by atoms with Crippen LogP contribution in [0.15, 0.2) is 36.4 Å². The summed E-state index contributed by atoms with van der Waals surface area (Å²) >= 11 is 17.7. The molecule has 2 aromatic carbocycles. The van der Waals surface area contributed by atoms with Crippen LogP contribution in [0.25, 0.3) is 0 Å². The van der Waals surface area contributed by atoms with Gasteiger partial charge in [0.15, 0.2) is 0 Å². The van der Waals surface area contributed by atoms with Crippen LogP contribution < -0.4 is 10.6 Å². The van der Waals surface area contributed by atoms with Gasteiger partial charge in [-0.25, -0.2) is 0 Å². The SMILES string of the molecule is Cc1c(Cl)cccc1NC(=O)CC(=O)Nc1ccc(Cl)c(Cl)c1. The standard InChI is InChI=1S/C16H13Cl3N2O2/c1-9-11(17)3-2-4-14(9)21-16(23)8-15(22)20-10-5-6-12(18)13(19)7-10/h2-7H,8H2,1H3,(H,20,22)(H,21,23). The Bertz CT molecular complexity index is 763. The topological polar surface area (TPSA) is 58.2 Å². The summed E-state index contributed by atoms with van der Waals surface area (Å²) < 4.78 is 0. The number of hydrogen-bond acceptors (Lipinski definition) is 2. The molecule has 0 saturated heterocycles. The van der Waals surface area contributed by atoms with Gasteiger partial charge in [0.1, 0.15) is 6.42 Å². The molecule has 2 aromatic rings. The van der Waals surface area contributed by atoms with Crippen LogP contribution in [0.2, 0.25) is 15.1 Å². The lowest BCUT2D eigenvalue weighted by Gasteiger charge is -2.10. The molecule has 0 aromatic heterocycles. The summed E-state index contributed by atoms with van der Waals surface area (Å²) in [5, 5.41) is 6.50. The predicted octanol–water partition coefficient (Wildman–Crippen LogP) is 4.92. The van der Waals surface area contributed by atoms with E-state index in [2.05, 4.69) is 10.6 Å². The van der Waals surface area contributed by atoms with E-state index in [1.807, 2.05) is 0 Å². The summed E-state index contributed by atoms with van der Waals surface area (Å²) in [6.07, 6.45) is -0.327. The third-order valence-electron chi connectivity index (χ3n) is 3.07. The molecule has 2 rings (SSSR count). The van der Waals surface area contributed by atoms with Crippen molar-refractivity contribution in [1.29, 1.82) is 0 Å². The zero-order chi connectivity index (χ0) is 17.0. The van der Waals surface area contributed by atoms with E-state index in [0.717, 1.165) is 5.56 Å². The van der Waals surface area contributed by atoms with Gasteiger partial charge in [0.05, 0.1) is 10.0 Å². The number of nitrogens with one attached hydrogen (secondary N) is 2. The molecule has 0 aliphatic rings. The molecule has 23 heavy (non-hydrogen) atoms. The normalized spacial score (nSPS) is 10.3. The molecule has 0 saturated carbocycles. The Hall–Kier alpha value is -1.75. The molecule has 0 heterocycles. The Morgan fingerprint density at radius 2 is 1.61 bits per heavy atom. The van der Waals surface area contributed by atoms with E-state index in [4.69, 9.17) is 34.8 Å². The van der Waals surface area contributed by atoms with Crippen LogP contribution >= 0.6 is 34.8 Å². The first-order chi connectivity index (χ1) is 10.9. The van der Waals surface area contributed by atoms with E-state index in [1.54, 1.807) is 37.3 Å². The van der Waals surface area contributed by atoms with Gasteiger partial charge < -0.3 is 10.6 Å². The third-order valence-corrected chi connectivity index (χ3v) is 4.21. The Balaban J connectivity index is 1.95. The summed E-state index contributed by atoms with van der Waals surface area (Å²) in [7, 11) is 0. The van der Waals surface area contributed by atoms with Crippen LogP contribution in [-0.2, 0) is 9.59 Å². The van der Waals surface area contributed by atoms with E-state index in [-0.39, 0.29) is 6.42 Å². The van der Waals surface area contributed by atoms with Crippen molar-refractivity contribution in [1.82, 2.24) is 0 Å². The molecule has 2 amide bonds. The molecule has 0 spiro atoms. The van der Waals surface area contributed by atoms with E-state index >= 15 is 0 Å². The average Bonchev–Trinajstić information content (AvgIpc) is 2.47. The number of carbonyl (C=O) groups is 2. The minimum atomic E-state index is -0.458. The van der Waals surface area contributed by atoms with Crippen molar-refractivity contribution in [2.45, 2.75) is 13.3 Å². The maximum atomic E-state index is 11.9. The average molecular weight is 372 g/mol. The van der Waals surface area contributed by atoms with Crippen molar-refractivity contribution in [3.8, 4) is 0 Å². The van der Waals surface area contributed by atoms with Crippen molar-refractivity contribution in [3.05, 3.63) is 57.0 Å². The molecule has 0 atom stereocenters. The molecule has 0 aliphatic carbocycles. The van der Waals surface area contributed by atoms with Gasteiger partial charge in [-0.2, -0.15) is 0 Å². The molecule has 120 valence electrons. The quantitative estimate of drug-likeness (QED) is 0.749. The highest BCUT2D eigenvalue weighted by molar-refractivity contribution is 6.42. The lowest BCUT2D eigenvalue weighted by atomic mass is 10.2. The highest BCUT2D eigenvalue weighted by atomic mass is 35.5. The van der Waals surface area contributed by atoms with Crippen molar-refractivity contribution in [2.24, 2.45) is 0 Å². The molecule has 0 aliphatic heterocycles. The van der Waals surface area contributed by atoms with Crippen LogP contribution in [0.3, 0.4) is 0 Å². The zero-order valence-corrected chi connectivity index (χ0v) is 14.4. The van der Waals surface area contributed by atoms with Crippen LogP contribution in [-0.4, -0.2) is 11.8 Å². The number of carbonyl (C=O) groups excluding carboxylic acids is 2. The Labute approximate surface area is 148 Å². The highest BCUT2D eigenvalue weighted by Gasteiger charge is 2.12. The Morgan fingerprint density at radius 1 is 0.913 bits per heavy atom. The van der Waals surface area contributed by atoms with Crippen molar-refractivity contribution in [3.63, 3.8) is 0 Å². The minimum Gasteiger partial charge on any atom is -0.326 e. The van der Waals surface area contributed by atoms with Crippen LogP contribution in [0, 0.1) is 6.92 Å². The number of rotatable bonds is 4. The van der Waals surface area contributed by atoms with Crippen molar-refractivity contribution >= 4 is 58.0 Å². The van der Waals surface area contributed by atoms with Gasteiger partial charge in [-0.3, -0.25) is 9.59 Å². The summed E-state index contributed by atoms with van der Waals surface area (Å²) in [6.45, 7) is 1.79. The molecule has 2 N–H and O–H groups in total. The van der Waals surface area contributed by atoms with Crippen LogP contribution in [0.1, 0.15) is 12.0 Å². The molecule has 0 fully saturated rings. The van der Waals surface area contributed by atoms with Crippen molar-refractivity contribution in [2.75, 3.05) is 10.6 Å². The first-order valence-corrected chi connectivity index (χ1v) is 7.80. The van der Waals surface area contributed by atoms with E-state index in [9.17, 15) is 9.59 Å². The first-order valence-electron chi connectivity index (χ1n) is 6.66. The monoisotopic (exact) mass is 370 g/mol. The van der Waals surface area contributed by atoms with Crippen molar-refractivity contribution < 1.29 is 9.59 Å². The van der Waals surface area contributed by atoms with E-state index in [0.29, 0.717) is 26.4 Å². The Morgan fingerprint density at radius 3 is 2.30 bits per heavy atom. The summed E-state index contributed by atoms with van der Waals surface area (Å²) in [5.74, 6) is -0.895. The lowest BCUT2D eigenvalue weighted by molar-refractivity contribution is -0.123. The van der Waals surface area contributed by atoms with Gasteiger partial charge in [-0.05, 0) is 42.8 Å². The van der Waals surface area contributed by atoms with Gasteiger partial charge in [-0.1, -0.05) is 40.9 Å². The fourth-order valence-electron chi connectivity index (χ4n) is 1.86.